The molecule has 16 nitrogen and oxygen atoms in total. The Kier molecular flexibility index (Phi) is 18.2. The van der Waals surface area contributed by atoms with Crippen molar-refractivity contribution in [2.24, 2.45) is 17.4 Å². The monoisotopic (exact) mass is 610 g/mol. The Balaban J connectivity index is 5.18. The van der Waals surface area contributed by atoms with Gasteiger partial charge in [0.05, 0.1) is 18.4 Å². The lowest BCUT2D eigenvalue weighted by Gasteiger charge is -2.19. The molecule has 0 radical (unpaired) electrons. The van der Waals surface area contributed by atoms with Crippen LogP contribution in [0.3, 0.4) is 0 Å². The van der Waals surface area contributed by atoms with Crippen LogP contribution in [0.5, 0.6) is 0 Å². The fourth-order valence-corrected chi connectivity index (χ4v) is 5.40. The molecule has 0 aliphatic heterocycles. The second-order valence-corrected chi connectivity index (χ2v) is 11.1. The lowest BCUT2D eigenvalue weighted by molar-refractivity contribution is -0.140. The first kappa shape index (κ1) is 36.8. The SMILES string of the molecule is N[C@@H](CCC(=O)C[C@@H](CSSC[C@H](NC(=O)CC[C@H](N)C(=O)O)C(=O)CCC(=O)O)C(=O)NCC(=O)O)C(=O)O. The summed E-state index contributed by atoms with van der Waals surface area (Å²) < 4.78 is 0. The van der Waals surface area contributed by atoms with Crippen LogP contribution in [0.2, 0.25) is 0 Å². The van der Waals surface area contributed by atoms with E-state index >= 15 is 0 Å². The normalized spacial score (nSPS) is 13.8. The molecule has 0 aliphatic carbocycles. The number of amides is 2. The van der Waals surface area contributed by atoms with E-state index in [1.54, 1.807) is 0 Å². The van der Waals surface area contributed by atoms with Crippen molar-refractivity contribution in [3.63, 3.8) is 0 Å². The van der Waals surface area contributed by atoms with E-state index in [1.807, 2.05) is 0 Å². The summed E-state index contributed by atoms with van der Waals surface area (Å²) in [4.78, 5) is 92.8. The van der Waals surface area contributed by atoms with Crippen molar-refractivity contribution in [3.8, 4) is 0 Å². The Morgan fingerprint density at radius 3 is 1.77 bits per heavy atom. The van der Waals surface area contributed by atoms with E-state index in [0.717, 1.165) is 21.6 Å². The van der Waals surface area contributed by atoms with E-state index in [2.05, 4.69) is 10.6 Å². The molecule has 40 heavy (non-hydrogen) atoms. The van der Waals surface area contributed by atoms with Gasteiger partial charge in [0.1, 0.15) is 24.4 Å². The Bertz CT molecular complexity index is 875. The summed E-state index contributed by atoms with van der Waals surface area (Å²) in [5.41, 5.74) is 10.7. The summed E-state index contributed by atoms with van der Waals surface area (Å²) in [6.07, 6.45) is -2.06. The van der Waals surface area contributed by atoms with Crippen molar-refractivity contribution < 1.29 is 58.8 Å². The van der Waals surface area contributed by atoms with Crippen LogP contribution in [0.1, 0.15) is 44.9 Å². The van der Waals surface area contributed by atoms with Crippen molar-refractivity contribution in [1.29, 1.82) is 0 Å². The van der Waals surface area contributed by atoms with Gasteiger partial charge in [-0.1, -0.05) is 21.6 Å². The summed E-state index contributed by atoms with van der Waals surface area (Å²) in [6, 6.07) is -3.69. The van der Waals surface area contributed by atoms with E-state index < -0.39 is 84.3 Å². The van der Waals surface area contributed by atoms with Crippen LogP contribution < -0.4 is 22.1 Å². The second-order valence-electron chi connectivity index (χ2n) is 8.57. The van der Waals surface area contributed by atoms with Crippen molar-refractivity contribution in [3.05, 3.63) is 0 Å². The van der Waals surface area contributed by atoms with Crippen LogP contribution in [0, 0.1) is 5.92 Å². The summed E-state index contributed by atoms with van der Waals surface area (Å²) in [7, 11) is 2.06. The maximum Gasteiger partial charge on any atom is 0.322 e. The highest BCUT2D eigenvalue weighted by atomic mass is 33.1. The first-order valence-electron chi connectivity index (χ1n) is 11.9. The summed E-state index contributed by atoms with van der Waals surface area (Å²) in [6.45, 7) is -0.692. The van der Waals surface area contributed by atoms with Gasteiger partial charge in [0.25, 0.3) is 0 Å². The number of carboxylic acid groups (broad SMARTS) is 4. The van der Waals surface area contributed by atoms with E-state index in [9.17, 15) is 38.4 Å². The minimum atomic E-state index is -1.31. The van der Waals surface area contributed by atoms with Gasteiger partial charge in [-0.05, 0) is 12.8 Å². The zero-order valence-corrected chi connectivity index (χ0v) is 23.0. The number of carbonyl (C=O) groups is 8. The molecule has 226 valence electrons. The minimum absolute atomic E-state index is 0.0235. The number of Topliss-reactive ketones (excluding diaryl/α,β-unsaturated/α-hetero) is 2. The highest BCUT2D eigenvalue weighted by Crippen LogP contribution is 2.27. The fraction of sp³-hybridized carbons (Fsp3) is 0.636. The molecule has 0 fully saturated rings. The molecule has 0 saturated carbocycles. The van der Waals surface area contributed by atoms with Crippen LogP contribution in [-0.4, -0.2) is 104 Å². The van der Waals surface area contributed by atoms with Crippen LogP contribution in [0.4, 0.5) is 0 Å². The molecule has 0 unspecified atom stereocenters. The molecule has 2 amide bonds. The smallest absolute Gasteiger partial charge is 0.322 e. The number of aliphatic carboxylic acids is 4. The molecule has 0 rings (SSSR count). The number of hydrogen-bond acceptors (Lipinski definition) is 12. The number of nitrogens with two attached hydrogens (primary N) is 2. The molecular formula is C22H34N4O12S2. The number of ketones is 2. The molecule has 0 bridgehead atoms. The predicted molar refractivity (Wildman–Crippen MR) is 142 cm³/mol. The van der Waals surface area contributed by atoms with Gasteiger partial charge in [-0.25, -0.2) is 0 Å². The van der Waals surface area contributed by atoms with Crippen LogP contribution >= 0.6 is 21.6 Å². The standard InChI is InChI=1S/C22H34N4O12S2/c23-13(21(35)36)2-1-12(27)7-11(20(34)25-8-19(32)33)9-39-40-10-15(16(28)4-6-18(30)31)26-17(29)5-3-14(24)22(37)38/h11,13-15H,1-10,23-24H2,(H,25,34)(H,26,29)(H,30,31)(H,32,33)(H,35,36)(H,37,38)/t11-,13-,14-,15-/m0/s1. The molecule has 0 aliphatic rings. The molecule has 18 heteroatoms. The van der Waals surface area contributed by atoms with Gasteiger partial charge in [0.15, 0.2) is 5.78 Å². The number of carbonyl (C=O) groups excluding carboxylic acids is 4. The maximum absolute atomic E-state index is 12.5. The van der Waals surface area contributed by atoms with Gasteiger partial charge < -0.3 is 42.5 Å². The maximum atomic E-state index is 12.5. The number of hydrogen-bond donors (Lipinski definition) is 8. The quantitative estimate of drug-likeness (QED) is 0.0479. The van der Waals surface area contributed by atoms with Crippen LogP contribution in [-0.2, 0) is 38.4 Å². The summed E-state index contributed by atoms with van der Waals surface area (Å²) >= 11 is 0. The molecule has 0 aromatic rings. The highest BCUT2D eigenvalue weighted by Gasteiger charge is 2.26. The third kappa shape index (κ3) is 17.4. The van der Waals surface area contributed by atoms with Gasteiger partial charge in [0.2, 0.25) is 11.8 Å². The molecule has 0 heterocycles. The van der Waals surface area contributed by atoms with E-state index in [-0.39, 0.29) is 50.0 Å². The molecular weight excluding hydrogens is 576 g/mol. The lowest BCUT2D eigenvalue weighted by atomic mass is 9.99. The molecule has 0 saturated heterocycles. The van der Waals surface area contributed by atoms with Gasteiger partial charge >= 0.3 is 23.9 Å². The van der Waals surface area contributed by atoms with E-state index in [1.165, 1.54) is 0 Å². The fourth-order valence-electron chi connectivity index (χ4n) is 2.89. The number of nitrogens with one attached hydrogen (secondary N) is 2. The van der Waals surface area contributed by atoms with Crippen LogP contribution in [0.15, 0.2) is 0 Å². The lowest BCUT2D eigenvalue weighted by Crippen LogP contribution is -2.43. The van der Waals surface area contributed by atoms with Gasteiger partial charge in [-0.3, -0.25) is 38.4 Å². The van der Waals surface area contributed by atoms with Crippen molar-refractivity contribution >= 4 is 68.8 Å². The summed E-state index contributed by atoms with van der Waals surface area (Å²) in [5, 5.41) is 39.9. The average Bonchev–Trinajstić information content (AvgIpc) is 2.87. The Labute approximate surface area is 236 Å². The predicted octanol–water partition coefficient (Wildman–Crippen LogP) is -1.55. The molecule has 0 aromatic heterocycles. The molecule has 4 atom stereocenters. The van der Waals surface area contributed by atoms with Gasteiger partial charge in [-0.2, -0.15) is 0 Å². The van der Waals surface area contributed by atoms with Crippen molar-refractivity contribution in [2.75, 3.05) is 18.1 Å². The zero-order chi connectivity index (χ0) is 30.8. The zero-order valence-electron chi connectivity index (χ0n) is 21.4. The second kappa shape index (κ2) is 19.8. The van der Waals surface area contributed by atoms with Crippen LogP contribution in [0.25, 0.3) is 0 Å². The Morgan fingerprint density at radius 2 is 1.25 bits per heavy atom. The molecule has 0 aromatic carbocycles. The van der Waals surface area contributed by atoms with Crippen molar-refractivity contribution in [1.82, 2.24) is 10.6 Å². The number of rotatable bonds is 23. The number of carboxylic acids is 4. The topological polar surface area (TPSA) is 294 Å². The van der Waals surface area contributed by atoms with Crippen molar-refractivity contribution in [2.45, 2.75) is 63.1 Å². The average molecular weight is 611 g/mol. The third-order valence-electron chi connectivity index (χ3n) is 5.21. The largest absolute Gasteiger partial charge is 0.481 e. The van der Waals surface area contributed by atoms with Gasteiger partial charge in [-0.15, -0.1) is 0 Å². The Morgan fingerprint density at radius 1 is 0.700 bits per heavy atom. The third-order valence-corrected chi connectivity index (χ3v) is 7.70. The van der Waals surface area contributed by atoms with E-state index in [0.29, 0.717) is 0 Å². The first-order chi connectivity index (χ1) is 18.6. The van der Waals surface area contributed by atoms with Gasteiger partial charge in [0, 0.05) is 37.2 Å². The Hall–Kier alpha value is -3.22. The molecule has 10 N–H and O–H groups in total. The first-order valence-corrected chi connectivity index (χ1v) is 14.4. The molecule has 0 spiro atoms. The minimum Gasteiger partial charge on any atom is -0.481 e. The summed E-state index contributed by atoms with van der Waals surface area (Å²) in [5.74, 6) is -8.69. The van der Waals surface area contributed by atoms with E-state index in [4.69, 9.17) is 31.9 Å². The highest BCUT2D eigenvalue weighted by molar-refractivity contribution is 8.76.